The van der Waals surface area contributed by atoms with Crippen LogP contribution in [0.2, 0.25) is 5.02 Å². The van der Waals surface area contributed by atoms with Gasteiger partial charge in [0.05, 0.1) is 23.7 Å². The minimum absolute atomic E-state index is 0.0241. The number of methoxy groups -OCH3 is 1. The monoisotopic (exact) mass is 455 g/mol. The highest BCUT2D eigenvalue weighted by Gasteiger charge is 2.37. The Labute approximate surface area is 194 Å². The molecule has 2 amide bonds. The first-order valence-electron chi connectivity index (χ1n) is 11.3. The van der Waals surface area contributed by atoms with Crippen molar-refractivity contribution < 1.29 is 14.3 Å². The van der Waals surface area contributed by atoms with E-state index in [2.05, 4.69) is 10.2 Å². The summed E-state index contributed by atoms with van der Waals surface area (Å²) in [6, 6.07) is 14.4. The molecule has 7 heteroatoms. The van der Waals surface area contributed by atoms with Crippen LogP contribution >= 0.6 is 11.6 Å². The highest BCUT2D eigenvalue weighted by atomic mass is 35.5. The van der Waals surface area contributed by atoms with E-state index in [1.165, 1.54) is 12.8 Å². The number of hydrogen-bond acceptors (Lipinski definition) is 4. The van der Waals surface area contributed by atoms with Gasteiger partial charge in [-0.2, -0.15) is 0 Å². The van der Waals surface area contributed by atoms with Gasteiger partial charge in [-0.1, -0.05) is 42.6 Å². The third-order valence-corrected chi connectivity index (χ3v) is 6.88. The van der Waals surface area contributed by atoms with Gasteiger partial charge < -0.3 is 15.0 Å². The molecule has 0 spiro atoms. The van der Waals surface area contributed by atoms with E-state index in [1.807, 2.05) is 41.3 Å². The lowest BCUT2D eigenvalue weighted by molar-refractivity contribution is -0.123. The Morgan fingerprint density at radius 2 is 1.75 bits per heavy atom. The summed E-state index contributed by atoms with van der Waals surface area (Å²) in [4.78, 5) is 30.4. The summed E-state index contributed by atoms with van der Waals surface area (Å²) in [6.45, 7) is 2.51. The van der Waals surface area contributed by atoms with Gasteiger partial charge in [-0.15, -0.1) is 0 Å². The van der Waals surface area contributed by atoms with Crippen molar-refractivity contribution in [3.05, 3.63) is 59.1 Å². The summed E-state index contributed by atoms with van der Waals surface area (Å²) in [5.74, 6) is 1.03. The zero-order valence-electron chi connectivity index (χ0n) is 18.4. The van der Waals surface area contributed by atoms with Crippen LogP contribution in [0.15, 0.2) is 48.5 Å². The maximum atomic E-state index is 13.4. The van der Waals surface area contributed by atoms with E-state index in [0.29, 0.717) is 48.4 Å². The molecule has 1 heterocycles. The molecule has 0 aromatic heterocycles. The molecule has 1 N–H and O–H groups in total. The van der Waals surface area contributed by atoms with Gasteiger partial charge in [0.15, 0.2) is 0 Å². The molecule has 1 aliphatic carbocycles. The van der Waals surface area contributed by atoms with Gasteiger partial charge in [0.2, 0.25) is 5.91 Å². The van der Waals surface area contributed by atoms with Crippen molar-refractivity contribution >= 4 is 29.1 Å². The Hall–Kier alpha value is -2.57. The summed E-state index contributed by atoms with van der Waals surface area (Å²) >= 11 is 6.22. The molecule has 2 fully saturated rings. The Kier molecular flexibility index (Phi) is 7.33. The predicted molar refractivity (Wildman–Crippen MR) is 126 cm³/mol. The number of carbonyl (C=O) groups is 2. The van der Waals surface area contributed by atoms with Crippen molar-refractivity contribution in [3.8, 4) is 5.75 Å². The van der Waals surface area contributed by atoms with E-state index in [1.54, 1.807) is 19.2 Å². The molecule has 1 saturated heterocycles. The SMILES string of the molecule is COc1cccc(NC(=O)C(C2CCCC2)N2CCN(C(=O)c3ccccc3Cl)CC2)c1. The summed E-state index contributed by atoms with van der Waals surface area (Å²) in [6.07, 6.45) is 4.46. The molecule has 4 rings (SSSR count). The minimum atomic E-state index is -0.193. The molecule has 170 valence electrons. The number of piperazine rings is 1. The lowest BCUT2D eigenvalue weighted by Crippen LogP contribution is -2.57. The quantitative estimate of drug-likeness (QED) is 0.705. The average molecular weight is 456 g/mol. The van der Waals surface area contributed by atoms with Crippen molar-refractivity contribution in [2.24, 2.45) is 5.92 Å². The van der Waals surface area contributed by atoms with Crippen LogP contribution in [0.4, 0.5) is 5.69 Å². The number of hydrogen-bond donors (Lipinski definition) is 1. The normalized spacial score (nSPS) is 18.4. The Bertz CT molecular complexity index is 953. The molecule has 2 aromatic rings. The average Bonchev–Trinajstić information content (AvgIpc) is 3.34. The van der Waals surface area contributed by atoms with E-state index >= 15 is 0 Å². The summed E-state index contributed by atoms with van der Waals surface area (Å²) in [5, 5.41) is 3.57. The van der Waals surface area contributed by atoms with Gasteiger partial charge in [-0.3, -0.25) is 14.5 Å². The second-order valence-electron chi connectivity index (χ2n) is 8.52. The molecule has 0 bridgehead atoms. The molecule has 2 aromatic carbocycles. The van der Waals surface area contributed by atoms with E-state index in [-0.39, 0.29) is 17.9 Å². The van der Waals surface area contributed by atoms with Gasteiger partial charge in [-0.05, 0) is 43.0 Å². The first-order chi connectivity index (χ1) is 15.6. The topological polar surface area (TPSA) is 61.9 Å². The molecule has 0 radical (unpaired) electrons. The lowest BCUT2D eigenvalue weighted by atomic mass is 9.94. The zero-order chi connectivity index (χ0) is 22.5. The van der Waals surface area contributed by atoms with Gasteiger partial charge in [0, 0.05) is 37.9 Å². The van der Waals surface area contributed by atoms with Gasteiger partial charge in [0.25, 0.3) is 5.91 Å². The summed E-state index contributed by atoms with van der Waals surface area (Å²) < 4.78 is 5.28. The molecule has 1 aliphatic heterocycles. The van der Waals surface area contributed by atoms with E-state index in [4.69, 9.17) is 16.3 Å². The lowest BCUT2D eigenvalue weighted by Gasteiger charge is -2.40. The first kappa shape index (κ1) is 22.6. The largest absolute Gasteiger partial charge is 0.497 e. The van der Waals surface area contributed by atoms with Crippen LogP contribution in [0.1, 0.15) is 36.0 Å². The minimum Gasteiger partial charge on any atom is -0.497 e. The van der Waals surface area contributed by atoms with Crippen LogP contribution in [-0.4, -0.2) is 60.9 Å². The number of rotatable bonds is 6. The van der Waals surface area contributed by atoms with Crippen LogP contribution in [0.3, 0.4) is 0 Å². The number of nitrogens with one attached hydrogen (secondary N) is 1. The highest BCUT2D eigenvalue weighted by Crippen LogP contribution is 2.32. The van der Waals surface area contributed by atoms with Crippen molar-refractivity contribution in [3.63, 3.8) is 0 Å². The van der Waals surface area contributed by atoms with E-state index in [0.717, 1.165) is 18.5 Å². The van der Waals surface area contributed by atoms with Crippen LogP contribution in [0, 0.1) is 5.92 Å². The Morgan fingerprint density at radius 1 is 1.03 bits per heavy atom. The molecule has 1 saturated carbocycles. The number of benzene rings is 2. The smallest absolute Gasteiger partial charge is 0.255 e. The highest BCUT2D eigenvalue weighted by molar-refractivity contribution is 6.33. The molecule has 1 atom stereocenters. The van der Waals surface area contributed by atoms with Gasteiger partial charge in [-0.25, -0.2) is 0 Å². The number of anilines is 1. The van der Waals surface area contributed by atoms with E-state index in [9.17, 15) is 9.59 Å². The number of amides is 2. The van der Waals surface area contributed by atoms with Crippen molar-refractivity contribution in [2.45, 2.75) is 31.7 Å². The Morgan fingerprint density at radius 3 is 2.44 bits per heavy atom. The third kappa shape index (κ3) is 5.08. The second kappa shape index (κ2) is 10.4. The number of ether oxygens (including phenoxy) is 1. The maximum Gasteiger partial charge on any atom is 0.255 e. The first-order valence-corrected chi connectivity index (χ1v) is 11.7. The predicted octanol–water partition coefficient (Wildman–Crippen LogP) is 4.30. The fraction of sp³-hybridized carbons (Fsp3) is 0.440. The molecule has 1 unspecified atom stereocenters. The van der Waals surface area contributed by atoms with Crippen LogP contribution in [0.25, 0.3) is 0 Å². The summed E-state index contributed by atoms with van der Waals surface area (Å²) in [5.41, 5.74) is 1.27. The number of halogens is 1. The summed E-state index contributed by atoms with van der Waals surface area (Å²) in [7, 11) is 1.62. The maximum absolute atomic E-state index is 13.4. The fourth-order valence-electron chi connectivity index (χ4n) is 4.88. The van der Waals surface area contributed by atoms with Gasteiger partial charge >= 0.3 is 0 Å². The van der Waals surface area contributed by atoms with Crippen molar-refractivity contribution in [1.82, 2.24) is 9.80 Å². The second-order valence-corrected chi connectivity index (χ2v) is 8.93. The number of carbonyl (C=O) groups excluding carboxylic acids is 2. The Balaban J connectivity index is 1.44. The molecular weight excluding hydrogens is 426 g/mol. The molecule has 6 nitrogen and oxygen atoms in total. The standard InChI is InChI=1S/C25H30ClN3O3/c1-32-20-10-6-9-19(17-20)27-24(30)23(18-7-2-3-8-18)28-13-15-29(16-14-28)25(31)21-11-4-5-12-22(21)26/h4-6,9-12,17-18,23H,2-3,7-8,13-16H2,1H3,(H,27,30). The molecule has 2 aliphatic rings. The van der Waals surface area contributed by atoms with Crippen LogP contribution in [0.5, 0.6) is 5.75 Å². The van der Waals surface area contributed by atoms with Crippen LogP contribution < -0.4 is 10.1 Å². The van der Waals surface area contributed by atoms with Gasteiger partial charge in [0.1, 0.15) is 5.75 Å². The van der Waals surface area contributed by atoms with Crippen LogP contribution in [-0.2, 0) is 4.79 Å². The third-order valence-electron chi connectivity index (χ3n) is 6.55. The van der Waals surface area contributed by atoms with Crippen molar-refractivity contribution in [1.29, 1.82) is 0 Å². The number of nitrogens with zero attached hydrogens (tertiary/aromatic N) is 2. The zero-order valence-corrected chi connectivity index (χ0v) is 19.2. The van der Waals surface area contributed by atoms with Crippen molar-refractivity contribution in [2.75, 3.05) is 38.6 Å². The fourth-order valence-corrected chi connectivity index (χ4v) is 5.09. The molecule has 32 heavy (non-hydrogen) atoms. The molecular formula is C25H30ClN3O3. The van der Waals surface area contributed by atoms with E-state index < -0.39 is 0 Å².